The molecule has 3 aromatic rings. The number of non-ortho nitro benzene ring substituents is 1. The van der Waals surface area contributed by atoms with E-state index in [9.17, 15) is 10.1 Å². The highest BCUT2D eigenvalue weighted by Gasteiger charge is 2.19. The molecule has 164 valence electrons. The number of nitro groups is 1. The van der Waals surface area contributed by atoms with Gasteiger partial charge in [0, 0.05) is 28.6 Å². The summed E-state index contributed by atoms with van der Waals surface area (Å²) in [4.78, 5) is 16.9. The lowest BCUT2D eigenvalue weighted by Gasteiger charge is -2.19. The van der Waals surface area contributed by atoms with E-state index in [0.29, 0.717) is 6.04 Å². The van der Waals surface area contributed by atoms with Gasteiger partial charge in [-0.1, -0.05) is 55.7 Å². The first kappa shape index (κ1) is 20.8. The summed E-state index contributed by atoms with van der Waals surface area (Å²) in [6.07, 6.45) is 9.01. The Morgan fingerprint density at radius 3 is 2.69 bits per heavy atom. The fourth-order valence-corrected chi connectivity index (χ4v) is 5.56. The molecule has 0 unspecified atom stereocenters. The first-order valence-electron chi connectivity index (χ1n) is 11.3. The van der Waals surface area contributed by atoms with Crippen LogP contribution in [0.15, 0.2) is 64.0 Å². The second-order valence-electron chi connectivity index (χ2n) is 8.50. The van der Waals surface area contributed by atoms with Crippen LogP contribution >= 0.6 is 11.3 Å². The van der Waals surface area contributed by atoms with Crippen LogP contribution in [0.1, 0.15) is 56.1 Å². The normalized spacial score (nSPS) is 18.6. The first-order chi connectivity index (χ1) is 15.7. The van der Waals surface area contributed by atoms with Crippen molar-refractivity contribution in [3.63, 3.8) is 0 Å². The number of fused-ring (bicyclic) bond motifs is 1. The molecule has 7 heteroatoms. The van der Waals surface area contributed by atoms with E-state index in [2.05, 4.69) is 24.3 Å². The van der Waals surface area contributed by atoms with Crippen LogP contribution in [0.4, 0.5) is 5.69 Å². The Bertz CT molecular complexity index is 1230. The third-order valence-corrected chi connectivity index (χ3v) is 7.14. The molecule has 0 atom stereocenters. The zero-order chi connectivity index (χ0) is 21.9. The average molecular weight is 447 g/mol. The number of nitro benzene ring substituents is 1. The van der Waals surface area contributed by atoms with Crippen molar-refractivity contribution in [3.8, 4) is 11.3 Å². The molecule has 0 radical (unpaired) electrons. The lowest BCUT2D eigenvalue weighted by atomic mass is 9.90. The van der Waals surface area contributed by atoms with Crippen LogP contribution in [0.3, 0.4) is 0 Å². The minimum absolute atomic E-state index is 0.0849. The number of nitrogens with zero attached hydrogens (tertiary/aromatic N) is 4. The van der Waals surface area contributed by atoms with Gasteiger partial charge < -0.3 is 0 Å². The van der Waals surface area contributed by atoms with Gasteiger partial charge in [-0.15, -0.1) is 11.3 Å². The third kappa shape index (κ3) is 4.30. The summed E-state index contributed by atoms with van der Waals surface area (Å²) in [6.45, 7) is 0. The zero-order valence-corrected chi connectivity index (χ0v) is 18.8. The lowest BCUT2D eigenvalue weighted by Crippen LogP contribution is -2.21. The Balaban J connectivity index is 1.66. The number of benzene rings is 2. The summed E-state index contributed by atoms with van der Waals surface area (Å²) in [5, 5.41) is 18.5. The molecule has 2 aromatic carbocycles. The van der Waals surface area contributed by atoms with Crippen molar-refractivity contribution < 1.29 is 4.92 Å². The van der Waals surface area contributed by atoms with Crippen molar-refractivity contribution >= 4 is 22.7 Å². The summed E-state index contributed by atoms with van der Waals surface area (Å²) in [7, 11) is 0. The van der Waals surface area contributed by atoms with Crippen LogP contribution in [-0.2, 0) is 6.42 Å². The Hall–Kier alpha value is -3.06. The quantitative estimate of drug-likeness (QED) is 0.367. The lowest BCUT2D eigenvalue weighted by molar-refractivity contribution is -0.384. The van der Waals surface area contributed by atoms with Crippen molar-refractivity contribution in [1.29, 1.82) is 0 Å². The molecule has 1 aromatic heterocycles. The van der Waals surface area contributed by atoms with Gasteiger partial charge in [0.2, 0.25) is 4.80 Å². The largest absolute Gasteiger partial charge is 0.270 e. The Morgan fingerprint density at radius 1 is 1.00 bits per heavy atom. The Labute approximate surface area is 191 Å². The predicted octanol–water partition coefficient (Wildman–Crippen LogP) is 5.95. The summed E-state index contributed by atoms with van der Waals surface area (Å²) < 4.78 is 1.93. The zero-order valence-electron chi connectivity index (χ0n) is 17.9. The summed E-state index contributed by atoms with van der Waals surface area (Å²) in [5.74, 6) is 0. The van der Waals surface area contributed by atoms with Crippen LogP contribution in [-0.4, -0.2) is 21.4 Å². The Kier molecular flexibility index (Phi) is 5.99. The maximum Gasteiger partial charge on any atom is 0.270 e. The molecule has 1 saturated carbocycles. The fourth-order valence-electron chi connectivity index (χ4n) is 4.65. The molecule has 0 bridgehead atoms. The summed E-state index contributed by atoms with van der Waals surface area (Å²) in [5.41, 5.74) is 5.31. The van der Waals surface area contributed by atoms with E-state index in [0.717, 1.165) is 53.9 Å². The van der Waals surface area contributed by atoms with Crippen molar-refractivity contribution in [3.05, 3.63) is 80.0 Å². The predicted molar refractivity (Wildman–Crippen MR) is 128 cm³/mol. The van der Waals surface area contributed by atoms with Crippen molar-refractivity contribution in [2.75, 3.05) is 0 Å². The van der Waals surface area contributed by atoms with Crippen LogP contribution < -0.4 is 4.80 Å². The van der Waals surface area contributed by atoms with E-state index in [-0.39, 0.29) is 10.6 Å². The Morgan fingerprint density at radius 2 is 1.84 bits per heavy atom. The van der Waals surface area contributed by atoms with Gasteiger partial charge in [0.05, 0.1) is 22.4 Å². The second kappa shape index (κ2) is 9.20. The molecule has 6 nitrogen and oxygen atoms in total. The fraction of sp³-hybridized carbons (Fsp3) is 0.360. The van der Waals surface area contributed by atoms with Gasteiger partial charge in [-0.05, 0) is 37.7 Å². The van der Waals surface area contributed by atoms with Gasteiger partial charge >= 0.3 is 0 Å². The number of hydrogen-bond acceptors (Lipinski definition) is 5. The summed E-state index contributed by atoms with van der Waals surface area (Å²) >= 11 is 1.57. The number of rotatable bonds is 4. The highest BCUT2D eigenvalue weighted by Crippen LogP contribution is 2.27. The second-order valence-corrected chi connectivity index (χ2v) is 9.34. The van der Waals surface area contributed by atoms with E-state index in [1.165, 1.54) is 36.5 Å². The molecule has 0 amide bonds. The summed E-state index contributed by atoms with van der Waals surface area (Å²) in [6, 6.07) is 15.6. The van der Waals surface area contributed by atoms with Crippen molar-refractivity contribution in [2.24, 2.45) is 10.1 Å². The van der Waals surface area contributed by atoms with E-state index in [1.807, 2.05) is 16.1 Å². The van der Waals surface area contributed by atoms with E-state index in [1.54, 1.807) is 23.5 Å². The van der Waals surface area contributed by atoms with Gasteiger partial charge in [-0.3, -0.25) is 15.1 Å². The number of thiazole rings is 1. The van der Waals surface area contributed by atoms with E-state index < -0.39 is 0 Å². The molecule has 0 aliphatic heterocycles. The van der Waals surface area contributed by atoms with Gasteiger partial charge in [-0.25, -0.2) is 4.68 Å². The van der Waals surface area contributed by atoms with Crippen LogP contribution in [0.25, 0.3) is 11.3 Å². The average Bonchev–Trinajstić information content (AvgIpc) is 3.22. The van der Waals surface area contributed by atoms with Gasteiger partial charge in [0.1, 0.15) is 0 Å². The van der Waals surface area contributed by atoms with Crippen molar-refractivity contribution in [1.82, 2.24) is 4.68 Å². The van der Waals surface area contributed by atoms with E-state index in [4.69, 9.17) is 10.1 Å². The monoisotopic (exact) mass is 446 g/mol. The van der Waals surface area contributed by atoms with Crippen molar-refractivity contribution in [2.45, 2.75) is 57.4 Å². The molecule has 32 heavy (non-hydrogen) atoms. The molecule has 2 aliphatic carbocycles. The molecular formula is C25H26N4O2S. The SMILES string of the molecule is O=[N+]([O-])c1cccc(-c2csc(=NC3CCCCC3)n2N=C2CCCc3ccccc32)c1. The smallest absolute Gasteiger partial charge is 0.258 e. The molecule has 5 rings (SSSR count). The first-order valence-corrected chi connectivity index (χ1v) is 12.2. The highest BCUT2D eigenvalue weighted by atomic mass is 32.1. The molecule has 2 aliphatic rings. The molecule has 1 heterocycles. The highest BCUT2D eigenvalue weighted by molar-refractivity contribution is 7.07. The minimum atomic E-state index is -0.350. The maximum atomic E-state index is 11.3. The topological polar surface area (TPSA) is 72.8 Å². The molecule has 0 N–H and O–H groups in total. The van der Waals surface area contributed by atoms with Crippen LogP contribution in [0.5, 0.6) is 0 Å². The molecular weight excluding hydrogens is 420 g/mol. The third-order valence-electron chi connectivity index (χ3n) is 6.31. The minimum Gasteiger partial charge on any atom is -0.258 e. The van der Waals surface area contributed by atoms with Gasteiger partial charge in [-0.2, -0.15) is 5.10 Å². The van der Waals surface area contributed by atoms with Gasteiger partial charge in [0.25, 0.3) is 5.69 Å². The van der Waals surface area contributed by atoms with Crippen LogP contribution in [0, 0.1) is 10.1 Å². The molecule has 0 spiro atoms. The number of hydrogen-bond donors (Lipinski definition) is 0. The van der Waals surface area contributed by atoms with Crippen LogP contribution in [0.2, 0.25) is 0 Å². The number of aryl methyl sites for hydroxylation is 1. The van der Waals surface area contributed by atoms with Gasteiger partial charge in [0.15, 0.2) is 0 Å². The standard InChI is InChI=1S/C25H26N4O2S/c30-29(31)21-13-6-10-19(16-21)24-17-32-25(26-20-11-2-1-3-12-20)28(24)27-23-15-7-9-18-8-4-5-14-22(18)23/h4-6,8,10,13-14,16-17,20H,1-3,7,9,11-12,15H2. The maximum absolute atomic E-state index is 11.3. The molecule has 1 fully saturated rings. The van der Waals surface area contributed by atoms with E-state index >= 15 is 0 Å². The number of aromatic nitrogens is 1. The molecule has 0 saturated heterocycles.